The van der Waals surface area contributed by atoms with Crippen LogP contribution < -0.4 is 15.4 Å². The third kappa shape index (κ3) is 5.30. The van der Waals surface area contributed by atoms with E-state index in [1.165, 1.54) is 0 Å². The van der Waals surface area contributed by atoms with Crippen LogP contribution in [0.3, 0.4) is 0 Å². The Morgan fingerprint density at radius 3 is 2.37 bits per heavy atom. The summed E-state index contributed by atoms with van der Waals surface area (Å²) >= 11 is 0. The fraction of sp³-hybridized carbons (Fsp3) is 0.533. The van der Waals surface area contributed by atoms with Crippen LogP contribution in [0.4, 0.5) is 0 Å². The van der Waals surface area contributed by atoms with Crippen molar-refractivity contribution < 1.29 is 9.53 Å². The number of hydrogen-bond donors (Lipinski definition) is 2. The molecular weight excluding hydrogens is 240 g/mol. The first-order valence-electron chi connectivity index (χ1n) is 6.64. The van der Waals surface area contributed by atoms with E-state index in [1.807, 2.05) is 26.1 Å². The highest BCUT2D eigenvalue weighted by molar-refractivity contribution is 5.94. The van der Waals surface area contributed by atoms with Crippen molar-refractivity contribution in [2.24, 2.45) is 5.41 Å². The number of hydrogen-bond acceptors (Lipinski definition) is 3. The van der Waals surface area contributed by atoms with Crippen LogP contribution in [0.25, 0.3) is 0 Å². The van der Waals surface area contributed by atoms with Crippen molar-refractivity contribution >= 4 is 5.91 Å². The number of carbonyl (C=O) groups excluding carboxylic acids is 1. The minimum atomic E-state index is -0.0489. The third-order valence-corrected chi connectivity index (χ3v) is 2.81. The molecule has 0 fully saturated rings. The van der Waals surface area contributed by atoms with Crippen LogP contribution in [0.1, 0.15) is 31.1 Å². The van der Waals surface area contributed by atoms with Gasteiger partial charge in [-0.2, -0.15) is 0 Å². The van der Waals surface area contributed by atoms with Crippen LogP contribution in [-0.2, 0) is 0 Å². The van der Waals surface area contributed by atoms with Crippen molar-refractivity contribution in [2.45, 2.75) is 20.8 Å². The normalized spacial score (nSPS) is 11.2. The zero-order valence-corrected chi connectivity index (χ0v) is 12.2. The van der Waals surface area contributed by atoms with Crippen LogP contribution in [0.5, 0.6) is 5.75 Å². The average molecular weight is 264 g/mol. The van der Waals surface area contributed by atoms with Gasteiger partial charge in [-0.05, 0) is 43.7 Å². The maximum absolute atomic E-state index is 12.0. The minimum absolute atomic E-state index is 0.0374. The summed E-state index contributed by atoms with van der Waals surface area (Å²) in [6, 6.07) is 7.20. The molecule has 1 aromatic carbocycles. The average Bonchev–Trinajstić information content (AvgIpc) is 2.37. The van der Waals surface area contributed by atoms with Gasteiger partial charge in [0.15, 0.2) is 0 Å². The van der Waals surface area contributed by atoms with Crippen molar-refractivity contribution in [3.8, 4) is 5.75 Å². The van der Waals surface area contributed by atoms with Gasteiger partial charge in [0.2, 0.25) is 0 Å². The molecule has 0 aliphatic rings. The number of amides is 1. The molecule has 0 aliphatic carbocycles. The van der Waals surface area contributed by atoms with E-state index < -0.39 is 0 Å². The number of nitrogens with one attached hydrogen (secondary N) is 2. The second-order valence-corrected chi connectivity index (χ2v) is 5.33. The summed E-state index contributed by atoms with van der Waals surface area (Å²) in [5.74, 6) is 0.738. The first kappa shape index (κ1) is 15.5. The lowest BCUT2D eigenvalue weighted by atomic mass is 9.93. The molecule has 0 unspecified atom stereocenters. The van der Waals surface area contributed by atoms with E-state index in [1.54, 1.807) is 12.1 Å². The first-order valence-corrected chi connectivity index (χ1v) is 6.64. The monoisotopic (exact) mass is 264 g/mol. The molecule has 0 bridgehead atoms. The summed E-state index contributed by atoms with van der Waals surface area (Å²) in [4.78, 5) is 12.0. The third-order valence-electron chi connectivity index (χ3n) is 2.81. The summed E-state index contributed by atoms with van der Waals surface area (Å²) in [6.45, 7) is 8.29. The van der Waals surface area contributed by atoms with Gasteiger partial charge in [0.05, 0.1) is 6.61 Å². The fourth-order valence-corrected chi connectivity index (χ4v) is 1.83. The fourth-order valence-electron chi connectivity index (χ4n) is 1.83. The molecule has 1 rings (SSSR count). The van der Waals surface area contributed by atoms with E-state index in [0.717, 1.165) is 12.3 Å². The molecule has 19 heavy (non-hydrogen) atoms. The molecule has 0 spiro atoms. The minimum Gasteiger partial charge on any atom is -0.494 e. The van der Waals surface area contributed by atoms with Crippen molar-refractivity contribution in [1.82, 2.24) is 10.6 Å². The molecular formula is C15H24N2O2. The quantitative estimate of drug-likeness (QED) is 0.792. The number of ether oxygens (including phenoxy) is 1. The standard InChI is InChI=1S/C15H24N2O2/c1-5-19-13-8-6-12(7-9-13)14(18)17-11-15(2,3)10-16-4/h6-9,16H,5,10-11H2,1-4H3,(H,17,18). The van der Waals surface area contributed by atoms with E-state index in [2.05, 4.69) is 24.5 Å². The maximum Gasteiger partial charge on any atom is 0.251 e. The van der Waals surface area contributed by atoms with Gasteiger partial charge in [-0.3, -0.25) is 4.79 Å². The molecule has 0 radical (unpaired) electrons. The van der Waals surface area contributed by atoms with Gasteiger partial charge in [-0.15, -0.1) is 0 Å². The van der Waals surface area contributed by atoms with E-state index in [4.69, 9.17) is 4.74 Å². The van der Waals surface area contributed by atoms with Gasteiger partial charge in [-0.25, -0.2) is 0 Å². The summed E-state index contributed by atoms with van der Waals surface area (Å²) in [7, 11) is 1.91. The SMILES string of the molecule is CCOc1ccc(C(=O)NCC(C)(C)CNC)cc1. The maximum atomic E-state index is 12.0. The van der Waals surface area contributed by atoms with Crippen LogP contribution in [0, 0.1) is 5.41 Å². The molecule has 0 saturated heterocycles. The molecule has 4 heteroatoms. The Hall–Kier alpha value is -1.55. The van der Waals surface area contributed by atoms with Crippen molar-refractivity contribution in [3.05, 3.63) is 29.8 Å². The van der Waals surface area contributed by atoms with E-state index in [0.29, 0.717) is 18.7 Å². The zero-order chi connectivity index (χ0) is 14.3. The largest absolute Gasteiger partial charge is 0.494 e. The Bertz CT molecular complexity index is 399. The summed E-state index contributed by atoms with van der Waals surface area (Å²) in [5, 5.41) is 6.08. The smallest absolute Gasteiger partial charge is 0.251 e. The van der Waals surface area contributed by atoms with Gasteiger partial charge in [0, 0.05) is 18.7 Å². The van der Waals surface area contributed by atoms with Gasteiger partial charge < -0.3 is 15.4 Å². The summed E-state index contributed by atoms with van der Waals surface area (Å²) < 4.78 is 5.35. The van der Waals surface area contributed by atoms with Gasteiger partial charge in [0.1, 0.15) is 5.75 Å². The van der Waals surface area contributed by atoms with E-state index >= 15 is 0 Å². The van der Waals surface area contributed by atoms with Crippen molar-refractivity contribution in [2.75, 3.05) is 26.7 Å². The molecule has 0 aliphatic heterocycles. The predicted molar refractivity (Wildman–Crippen MR) is 77.7 cm³/mol. The lowest BCUT2D eigenvalue weighted by Gasteiger charge is -2.24. The Balaban J connectivity index is 2.53. The summed E-state index contributed by atoms with van der Waals surface area (Å²) in [5.41, 5.74) is 0.694. The molecule has 0 heterocycles. The van der Waals surface area contributed by atoms with Crippen LogP contribution >= 0.6 is 0 Å². The highest BCUT2D eigenvalue weighted by atomic mass is 16.5. The van der Waals surface area contributed by atoms with E-state index in [-0.39, 0.29) is 11.3 Å². The second kappa shape index (κ2) is 7.14. The predicted octanol–water partition coefficient (Wildman–Crippen LogP) is 2.06. The molecule has 2 N–H and O–H groups in total. The van der Waals surface area contributed by atoms with Crippen LogP contribution in [0.2, 0.25) is 0 Å². The lowest BCUT2D eigenvalue weighted by molar-refractivity contribution is 0.0936. The molecule has 1 aromatic rings. The van der Waals surface area contributed by atoms with Gasteiger partial charge in [-0.1, -0.05) is 13.8 Å². The Kier molecular flexibility index (Phi) is 5.83. The zero-order valence-electron chi connectivity index (χ0n) is 12.2. The Morgan fingerprint density at radius 2 is 1.84 bits per heavy atom. The van der Waals surface area contributed by atoms with E-state index in [9.17, 15) is 4.79 Å². The number of carbonyl (C=O) groups is 1. The lowest BCUT2D eigenvalue weighted by Crippen LogP contribution is -2.39. The Morgan fingerprint density at radius 1 is 1.21 bits per heavy atom. The van der Waals surface area contributed by atoms with Crippen LogP contribution in [-0.4, -0.2) is 32.7 Å². The molecule has 0 saturated carbocycles. The van der Waals surface area contributed by atoms with Gasteiger partial charge in [0.25, 0.3) is 5.91 Å². The molecule has 106 valence electrons. The highest BCUT2D eigenvalue weighted by Crippen LogP contribution is 2.14. The molecule has 4 nitrogen and oxygen atoms in total. The first-order chi connectivity index (χ1) is 8.98. The second-order valence-electron chi connectivity index (χ2n) is 5.33. The number of benzene rings is 1. The summed E-state index contributed by atoms with van der Waals surface area (Å²) in [6.07, 6.45) is 0. The molecule has 1 amide bonds. The van der Waals surface area contributed by atoms with Crippen molar-refractivity contribution in [3.63, 3.8) is 0 Å². The molecule has 0 atom stereocenters. The topological polar surface area (TPSA) is 50.4 Å². The Labute approximate surface area is 115 Å². The van der Waals surface area contributed by atoms with Crippen LogP contribution in [0.15, 0.2) is 24.3 Å². The van der Waals surface area contributed by atoms with Gasteiger partial charge >= 0.3 is 0 Å². The number of rotatable bonds is 7. The van der Waals surface area contributed by atoms with Crippen molar-refractivity contribution in [1.29, 1.82) is 0 Å². The molecule has 0 aromatic heterocycles. The highest BCUT2D eigenvalue weighted by Gasteiger charge is 2.18.